The number of likely N-dealkylation sites (tertiary alicyclic amines) is 1. The Morgan fingerprint density at radius 3 is 2.33 bits per heavy atom. The first-order valence-corrected chi connectivity index (χ1v) is 9.21. The minimum atomic E-state index is 0.473. The van der Waals surface area contributed by atoms with Gasteiger partial charge in [0.05, 0.1) is 0 Å². The van der Waals surface area contributed by atoms with Gasteiger partial charge in [-0.05, 0) is 68.4 Å². The average Bonchev–Trinajstić information content (AvgIpc) is 2.42. The maximum atomic E-state index is 3.61. The van der Waals surface area contributed by atoms with Crippen molar-refractivity contribution in [1.82, 2.24) is 10.2 Å². The first kappa shape index (κ1) is 17.3. The summed E-state index contributed by atoms with van der Waals surface area (Å²) >= 11 is 0. The fourth-order valence-electron chi connectivity index (χ4n) is 4.48. The van der Waals surface area contributed by atoms with Crippen molar-refractivity contribution in [1.29, 1.82) is 0 Å². The third kappa shape index (κ3) is 4.45. The summed E-state index contributed by atoms with van der Waals surface area (Å²) < 4.78 is 0. The predicted molar refractivity (Wildman–Crippen MR) is 92.5 cm³/mol. The maximum Gasteiger partial charge on any atom is 0.0105 e. The molecule has 2 fully saturated rings. The molecule has 1 heterocycles. The van der Waals surface area contributed by atoms with Gasteiger partial charge in [0.15, 0.2) is 0 Å². The molecule has 2 rings (SSSR count). The van der Waals surface area contributed by atoms with Gasteiger partial charge in [-0.15, -0.1) is 0 Å². The quantitative estimate of drug-likeness (QED) is 0.846. The summed E-state index contributed by atoms with van der Waals surface area (Å²) in [6, 6.07) is 0.734. The largest absolute Gasteiger partial charge is 0.317 e. The molecule has 124 valence electrons. The molecule has 1 saturated heterocycles. The first-order chi connectivity index (χ1) is 9.81. The molecule has 5 atom stereocenters. The zero-order valence-electron chi connectivity index (χ0n) is 15.3. The van der Waals surface area contributed by atoms with Gasteiger partial charge in [0.2, 0.25) is 0 Å². The number of piperidine rings is 1. The van der Waals surface area contributed by atoms with E-state index in [1.54, 1.807) is 0 Å². The first-order valence-electron chi connectivity index (χ1n) is 9.21. The van der Waals surface area contributed by atoms with Gasteiger partial charge in [-0.1, -0.05) is 34.6 Å². The molecule has 1 aliphatic carbocycles. The van der Waals surface area contributed by atoms with Crippen LogP contribution in [0, 0.1) is 29.1 Å². The van der Waals surface area contributed by atoms with Crippen LogP contribution >= 0.6 is 0 Å². The second-order valence-electron chi connectivity index (χ2n) is 9.03. The lowest BCUT2D eigenvalue weighted by atomic mass is 9.67. The summed E-state index contributed by atoms with van der Waals surface area (Å²) in [6.07, 6.45) is 5.57. The van der Waals surface area contributed by atoms with Crippen molar-refractivity contribution < 1.29 is 0 Å². The van der Waals surface area contributed by atoms with Crippen molar-refractivity contribution in [2.24, 2.45) is 29.1 Å². The van der Waals surface area contributed by atoms with E-state index in [9.17, 15) is 0 Å². The van der Waals surface area contributed by atoms with E-state index in [0.29, 0.717) is 5.41 Å². The third-order valence-corrected chi connectivity index (χ3v) is 6.49. The molecule has 0 bridgehead atoms. The fraction of sp³-hybridized carbons (Fsp3) is 1.00. The lowest BCUT2D eigenvalue weighted by Crippen LogP contribution is -2.48. The van der Waals surface area contributed by atoms with E-state index in [4.69, 9.17) is 0 Å². The van der Waals surface area contributed by atoms with E-state index in [1.807, 2.05) is 0 Å². The zero-order chi connectivity index (χ0) is 15.6. The summed E-state index contributed by atoms with van der Waals surface area (Å²) in [6.45, 7) is 16.1. The van der Waals surface area contributed by atoms with E-state index >= 15 is 0 Å². The Kier molecular flexibility index (Phi) is 5.76. The molecule has 0 spiro atoms. The maximum absolute atomic E-state index is 3.61. The number of rotatable bonds is 3. The number of hydrogen-bond donors (Lipinski definition) is 1. The zero-order valence-corrected chi connectivity index (χ0v) is 15.3. The van der Waals surface area contributed by atoms with Crippen LogP contribution < -0.4 is 5.32 Å². The topological polar surface area (TPSA) is 15.3 Å². The smallest absolute Gasteiger partial charge is 0.0105 e. The summed E-state index contributed by atoms with van der Waals surface area (Å²) in [5, 5.41) is 3.61. The minimum Gasteiger partial charge on any atom is -0.317 e. The Bertz CT molecular complexity index is 320. The highest BCUT2D eigenvalue weighted by Crippen LogP contribution is 2.40. The molecule has 0 aromatic carbocycles. The van der Waals surface area contributed by atoms with E-state index in [-0.39, 0.29) is 0 Å². The van der Waals surface area contributed by atoms with E-state index in [1.165, 1.54) is 45.3 Å². The summed E-state index contributed by atoms with van der Waals surface area (Å²) in [4.78, 5) is 2.75. The second kappa shape index (κ2) is 7.00. The van der Waals surface area contributed by atoms with Crippen LogP contribution in [0.2, 0.25) is 0 Å². The standard InChI is InChI=1S/C19H38N2/c1-14-9-10-21(12-15(14)2)13-16-11-17(19(3,4)5)7-8-18(16)20-6/h14-18,20H,7-13H2,1-6H3. The van der Waals surface area contributed by atoms with Crippen molar-refractivity contribution in [3.05, 3.63) is 0 Å². The highest BCUT2D eigenvalue weighted by atomic mass is 15.1. The fourth-order valence-corrected chi connectivity index (χ4v) is 4.48. The molecule has 1 N–H and O–H groups in total. The van der Waals surface area contributed by atoms with Gasteiger partial charge < -0.3 is 10.2 Å². The van der Waals surface area contributed by atoms with E-state index in [2.05, 4.69) is 51.9 Å². The number of nitrogens with zero attached hydrogens (tertiary/aromatic N) is 1. The summed E-state index contributed by atoms with van der Waals surface area (Å²) in [5.41, 5.74) is 0.473. The Balaban J connectivity index is 1.95. The molecule has 0 amide bonds. The van der Waals surface area contributed by atoms with Crippen LogP contribution in [0.5, 0.6) is 0 Å². The van der Waals surface area contributed by atoms with E-state index in [0.717, 1.165) is 29.7 Å². The third-order valence-electron chi connectivity index (χ3n) is 6.49. The van der Waals surface area contributed by atoms with Gasteiger partial charge in [0.25, 0.3) is 0 Å². The van der Waals surface area contributed by atoms with Crippen LogP contribution in [0.3, 0.4) is 0 Å². The van der Waals surface area contributed by atoms with Crippen molar-refractivity contribution in [2.45, 2.75) is 66.3 Å². The molecule has 2 nitrogen and oxygen atoms in total. The van der Waals surface area contributed by atoms with Crippen LogP contribution in [0.4, 0.5) is 0 Å². The summed E-state index contributed by atoms with van der Waals surface area (Å²) in [7, 11) is 2.16. The van der Waals surface area contributed by atoms with Gasteiger partial charge in [0, 0.05) is 19.1 Å². The lowest BCUT2D eigenvalue weighted by Gasteiger charge is -2.45. The highest BCUT2D eigenvalue weighted by Gasteiger charge is 2.36. The lowest BCUT2D eigenvalue weighted by molar-refractivity contribution is 0.0646. The molecule has 5 unspecified atom stereocenters. The Labute approximate surface area is 133 Å². The van der Waals surface area contributed by atoms with Crippen LogP contribution in [-0.4, -0.2) is 37.6 Å². The SMILES string of the molecule is CNC1CCC(C(C)(C)C)CC1CN1CCC(C)C(C)C1. The number of hydrogen-bond acceptors (Lipinski definition) is 2. The Morgan fingerprint density at radius 1 is 1.05 bits per heavy atom. The van der Waals surface area contributed by atoms with E-state index < -0.39 is 0 Å². The van der Waals surface area contributed by atoms with Crippen LogP contribution in [0.15, 0.2) is 0 Å². The van der Waals surface area contributed by atoms with Crippen molar-refractivity contribution in [3.8, 4) is 0 Å². The monoisotopic (exact) mass is 294 g/mol. The molecule has 0 aromatic rings. The Hall–Kier alpha value is -0.0800. The molecule has 21 heavy (non-hydrogen) atoms. The highest BCUT2D eigenvalue weighted by molar-refractivity contribution is 4.90. The second-order valence-corrected chi connectivity index (χ2v) is 9.03. The molecular weight excluding hydrogens is 256 g/mol. The molecule has 0 radical (unpaired) electrons. The molecule has 2 heteroatoms. The van der Waals surface area contributed by atoms with Gasteiger partial charge in [-0.2, -0.15) is 0 Å². The minimum absolute atomic E-state index is 0.473. The van der Waals surface area contributed by atoms with Crippen LogP contribution in [0.25, 0.3) is 0 Å². The van der Waals surface area contributed by atoms with Gasteiger partial charge in [0.1, 0.15) is 0 Å². The van der Waals surface area contributed by atoms with Gasteiger partial charge in [-0.25, -0.2) is 0 Å². The van der Waals surface area contributed by atoms with Crippen LogP contribution in [-0.2, 0) is 0 Å². The van der Waals surface area contributed by atoms with Gasteiger partial charge in [-0.3, -0.25) is 0 Å². The molecule has 1 aliphatic heterocycles. The molecule has 2 aliphatic rings. The molecule has 0 aromatic heterocycles. The van der Waals surface area contributed by atoms with Crippen molar-refractivity contribution >= 4 is 0 Å². The average molecular weight is 295 g/mol. The predicted octanol–water partition coefficient (Wildman–Crippen LogP) is 4.01. The normalized spacial score (nSPS) is 39.4. The van der Waals surface area contributed by atoms with Gasteiger partial charge >= 0.3 is 0 Å². The Morgan fingerprint density at radius 2 is 1.76 bits per heavy atom. The van der Waals surface area contributed by atoms with Crippen LogP contribution in [0.1, 0.15) is 60.3 Å². The van der Waals surface area contributed by atoms with Crippen molar-refractivity contribution in [2.75, 3.05) is 26.7 Å². The van der Waals surface area contributed by atoms with Crippen molar-refractivity contribution in [3.63, 3.8) is 0 Å². The molecular formula is C19H38N2. The molecule has 1 saturated carbocycles. The summed E-state index contributed by atoms with van der Waals surface area (Å²) in [5.74, 6) is 3.52. The number of nitrogens with one attached hydrogen (secondary N) is 1.